The molecule has 1 aliphatic carbocycles. The fraction of sp³-hybridized carbons (Fsp3) is 0.364. The van der Waals surface area contributed by atoms with E-state index in [0.29, 0.717) is 0 Å². The molecule has 0 unspecified atom stereocenters. The molecule has 1 aliphatic rings. The molecule has 0 radical (unpaired) electrons. The number of rotatable bonds is 2. The fourth-order valence-electron chi connectivity index (χ4n) is 1.92. The van der Waals surface area contributed by atoms with Crippen LogP contribution in [0.5, 0.6) is 0 Å². The number of hydrogen-bond donors (Lipinski definition) is 1. The van der Waals surface area contributed by atoms with Crippen molar-refractivity contribution in [1.29, 1.82) is 0 Å². The standard InChI is InChI=1S/C11H13NO3S/c13-16(14,15)8-12-11-7-3-5-9-4-1-2-6-10(9)11/h1-2,4,6H,3,5,7-8H2,(H,13,14,15). The summed E-state index contributed by atoms with van der Waals surface area (Å²) < 4.78 is 29.9. The van der Waals surface area contributed by atoms with Gasteiger partial charge in [-0.2, -0.15) is 8.42 Å². The molecule has 0 bridgehead atoms. The summed E-state index contributed by atoms with van der Waals surface area (Å²) in [5, 5.41) is 0. The van der Waals surface area contributed by atoms with Crippen LogP contribution in [0.25, 0.3) is 0 Å². The van der Waals surface area contributed by atoms with Gasteiger partial charge in [0.2, 0.25) is 0 Å². The number of aryl methyl sites for hydroxylation is 1. The van der Waals surface area contributed by atoms with Gasteiger partial charge in [0.1, 0.15) is 0 Å². The molecule has 0 aliphatic heterocycles. The van der Waals surface area contributed by atoms with Gasteiger partial charge in [0.15, 0.2) is 5.88 Å². The lowest BCUT2D eigenvalue weighted by molar-refractivity contribution is 0.484. The zero-order valence-corrected chi connectivity index (χ0v) is 9.57. The predicted octanol–water partition coefficient (Wildman–Crippen LogP) is 1.66. The summed E-state index contributed by atoms with van der Waals surface area (Å²) in [5.74, 6) is -0.545. The first-order valence-electron chi connectivity index (χ1n) is 5.13. The lowest BCUT2D eigenvalue weighted by atomic mass is 9.90. The third kappa shape index (κ3) is 2.68. The summed E-state index contributed by atoms with van der Waals surface area (Å²) in [6.07, 6.45) is 2.74. The molecule has 0 saturated heterocycles. The molecule has 0 fully saturated rings. The maximum Gasteiger partial charge on any atom is 0.285 e. The quantitative estimate of drug-likeness (QED) is 0.798. The summed E-state index contributed by atoms with van der Waals surface area (Å²) in [6.45, 7) is 0. The van der Waals surface area contributed by atoms with Gasteiger partial charge in [-0.3, -0.25) is 9.55 Å². The summed E-state index contributed by atoms with van der Waals surface area (Å²) >= 11 is 0. The average Bonchev–Trinajstić information content (AvgIpc) is 2.25. The molecule has 1 N–H and O–H groups in total. The largest absolute Gasteiger partial charge is 0.285 e. The van der Waals surface area contributed by atoms with Crippen molar-refractivity contribution in [1.82, 2.24) is 0 Å². The number of fused-ring (bicyclic) bond motifs is 1. The van der Waals surface area contributed by atoms with E-state index >= 15 is 0 Å². The maximum atomic E-state index is 10.6. The molecule has 86 valence electrons. The minimum atomic E-state index is -4.01. The van der Waals surface area contributed by atoms with Gasteiger partial charge in [0.05, 0.1) is 0 Å². The van der Waals surface area contributed by atoms with Crippen LogP contribution in [0.2, 0.25) is 0 Å². The van der Waals surface area contributed by atoms with Gasteiger partial charge in [0.25, 0.3) is 10.1 Å². The summed E-state index contributed by atoms with van der Waals surface area (Å²) in [5.41, 5.74) is 2.99. The zero-order valence-electron chi connectivity index (χ0n) is 8.76. The Morgan fingerprint density at radius 1 is 1.25 bits per heavy atom. The van der Waals surface area contributed by atoms with E-state index in [1.807, 2.05) is 24.3 Å². The Bertz CT molecular complexity index is 520. The number of aliphatic imine (C=N–C) groups is 1. The van der Waals surface area contributed by atoms with Crippen LogP contribution in [0.3, 0.4) is 0 Å². The predicted molar refractivity (Wildman–Crippen MR) is 62.3 cm³/mol. The second kappa shape index (κ2) is 4.35. The van der Waals surface area contributed by atoms with Crippen molar-refractivity contribution in [3.8, 4) is 0 Å². The van der Waals surface area contributed by atoms with Crippen LogP contribution >= 0.6 is 0 Å². The Morgan fingerprint density at radius 3 is 2.75 bits per heavy atom. The lowest BCUT2D eigenvalue weighted by Crippen LogP contribution is -2.14. The Hall–Kier alpha value is -1.20. The van der Waals surface area contributed by atoms with Crippen molar-refractivity contribution in [3.05, 3.63) is 35.4 Å². The topological polar surface area (TPSA) is 66.7 Å². The Morgan fingerprint density at radius 2 is 2.00 bits per heavy atom. The Balaban J connectivity index is 2.32. The van der Waals surface area contributed by atoms with E-state index < -0.39 is 16.0 Å². The van der Waals surface area contributed by atoms with Crippen LogP contribution in [0, 0.1) is 0 Å². The molecule has 1 aromatic rings. The number of benzene rings is 1. The molecule has 16 heavy (non-hydrogen) atoms. The van der Waals surface area contributed by atoms with Crippen molar-refractivity contribution >= 4 is 15.8 Å². The lowest BCUT2D eigenvalue weighted by Gasteiger charge is -2.17. The third-order valence-electron chi connectivity index (χ3n) is 2.61. The van der Waals surface area contributed by atoms with Gasteiger partial charge < -0.3 is 0 Å². The van der Waals surface area contributed by atoms with Crippen molar-refractivity contribution in [3.63, 3.8) is 0 Å². The smallest absolute Gasteiger partial charge is 0.284 e. The van der Waals surface area contributed by atoms with E-state index in [0.717, 1.165) is 30.5 Å². The van der Waals surface area contributed by atoms with Gasteiger partial charge in [-0.25, -0.2) is 0 Å². The van der Waals surface area contributed by atoms with Crippen molar-refractivity contribution in [2.75, 3.05) is 5.88 Å². The molecule has 0 heterocycles. The SMILES string of the molecule is O=S(=O)(O)CN=C1CCCc2ccccc21. The highest BCUT2D eigenvalue weighted by Gasteiger charge is 2.15. The van der Waals surface area contributed by atoms with Crippen LogP contribution in [-0.2, 0) is 16.5 Å². The maximum absolute atomic E-state index is 10.6. The molecule has 5 heteroatoms. The fourth-order valence-corrected chi connectivity index (χ4v) is 2.24. The van der Waals surface area contributed by atoms with Crippen molar-refractivity contribution in [2.45, 2.75) is 19.3 Å². The van der Waals surface area contributed by atoms with Crippen molar-refractivity contribution < 1.29 is 13.0 Å². The third-order valence-corrected chi connectivity index (χ3v) is 3.06. The summed E-state index contributed by atoms with van der Waals surface area (Å²) in [7, 11) is -4.01. The van der Waals surface area contributed by atoms with Gasteiger partial charge >= 0.3 is 0 Å². The first kappa shape index (κ1) is 11.3. The van der Waals surface area contributed by atoms with Crippen LogP contribution in [0.4, 0.5) is 0 Å². The minimum Gasteiger partial charge on any atom is -0.284 e. The van der Waals surface area contributed by atoms with Gasteiger partial charge in [-0.1, -0.05) is 24.3 Å². The molecule has 4 nitrogen and oxygen atoms in total. The molecule has 0 atom stereocenters. The first-order chi connectivity index (χ1) is 7.56. The van der Waals surface area contributed by atoms with E-state index in [1.165, 1.54) is 5.56 Å². The average molecular weight is 239 g/mol. The molecule has 1 aromatic carbocycles. The second-order valence-corrected chi connectivity index (χ2v) is 5.25. The molecular weight excluding hydrogens is 226 g/mol. The van der Waals surface area contributed by atoms with E-state index in [2.05, 4.69) is 4.99 Å². The van der Waals surface area contributed by atoms with Gasteiger partial charge in [-0.15, -0.1) is 0 Å². The van der Waals surface area contributed by atoms with E-state index in [-0.39, 0.29) is 0 Å². The van der Waals surface area contributed by atoms with Crippen LogP contribution in [0.1, 0.15) is 24.0 Å². The van der Waals surface area contributed by atoms with Gasteiger partial charge in [0, 0.05) is 5.71 Å². The molecule has 0 amide bonds. The Kier molecular flexibility index (Phi) is 3.07. The van der Waals surface area contributed by atoms with Crippen molar-refractivity contribution in [2.24, 2.45) is 4.99 Å². The highest BCUT2D eigenvalue weighted by Crippen LogP contribution is 2.21. The van der Waals surface area contributed by atoms with E-state index in [4.69, 9.17) is 4.55 Å². The normalized spacial score (nSPS) is 18.4. The van der Waals surface area contributed by atoms with E-state index in [9.17, 15) is 8.42 Å². The van der Waals surface area contributed by atoms with Crippen LogP contribution in [-0.4, -0.2) is 24.6 Å². The highest BCUT2D eigenvalue weighted by molar-refractivity contribution is 7.85. The first-order valence-corrected chi connectivity index (χ1v) is 6.74. The molecule has 0 aromatic heterocycles. The second-order valence-electron chi connectivity index (χ2n) is 3.83. The highest BCUT2D eigenvalue weighted by atomic mass is 32.2. The molecule has 0 saturated carbocycles. The molecular formula is C11H13NO3S. The molecule has 0 spiro atoms. The monoisotopic (exact) mass is 239 g/mol. The van der Waals surface area contributed by atoms with Gasteiger partial charge in [-0.05, 0) is 30.4 Å². The number of hydrogen-bond acceptors (Lipinski definition) is 3. The minimum absolute atomic E-state index is 0.545. The van der Waals surface area contributed by atoms with Crippen LogP contribution < -0.4 is 0 Å². The number of nitrogens with zero attached hydrogens (tertiary/aromatic N) is 1. The van der Waals surface area contributed by atoms with E-state index in [1.54, 1.807) is 0 Å². The summed E-state index contributed by atoms with van der Waals surface area (Å²) in [4.78, 5) is 3.97. The summed E-state index contributed by atoms with van der Waals surface area (Å²) in [6, 6.07) is 7.84. The van der Waals surface area contributed by atoms with Crippen LogP contribution in [0.15, 0.2) is 29.3 Å². The zero-order chi connectivity index (χ0) is 11.6. The molecule has 2 rings (SSSR count). The Labute approximate surface area is 94.8 Å².